The fourth-order valence-electron chi connectivity index (χ4n) is 2.26. The average molecular weight is 388 g/mol. The van der Waals surface area contributed by atoms with E-state index in [2.05, 4.69) is 10.3 Å². The van der Waals surface area contributed by atoms with Gasteiger partial charge in [-0.15, -0.1) is 0 Å². The summed E-state index contributed by atoms with van der Waals surface area (Å²) in [4.78, 5) is 29.1. The average Bonchev–Trinajstić information content (AvgIpc) is 3.22. The lowest BCUT2D eigenvalue weighted by atomic mass is 10.2. The summed E-state index contributed by atoms with van der Waals surface area (Å²) in [7, 11) is 1.51. The second kappa shape index (κ2) is 8.84. The van der Waals surface area contributed by atoms with E-state index in [-0.39, 0.29) is 30.6 Å². The van der Waals surface area contributed by atoms with Crippen molar-refractivity contribution >= 4 is 23.2 Å². The van der Waals surface area contributed by atoms with Gasteiger partial charge in [0, 0.05) is 43.4 Å². The number of thiophene rings is 1. The van der Waals surface area contributed by atoms with Crippen LogP contribution in [0, 0.1) is 0 Å². The van der Waals surface area contributed by atoms with Crippen LogP contribution in [0.3, 0.4) is 0 Å². The SMILES string of the molecule is CN(Cc1nccn1CC(F)(F)F)C(=O)CCCNC(=O)c1ccsc1. The van der Waals surface area contributed by atoms with Crippen molar-refractivity contribution < 1.29 is 22.8 Å². The van der Waals surface area contributed by atoms with Gasteiger partial charge in [0.2, 0.25) is 5.91 Å². The van der Waals surface area contributed by atoms with E-state index < -0.39 is 12.7 Å². The molecule has 0 aliphatic heterocycles. The minimum Gasteiger partial charge on any atom is -0.352 e. The predicted octanol–water partition coefficient (Wildman–Crippen LogP) is 2.68. The van der Waals surface area contributed by atoms with Crippen molar-refractivity contribution in [2.24, 2.45) is 0 Å². The van der Waals surface area contributed by atoms with Crippen molar-refractivity contribution in [1.82, 2.24) is 19.8 Å². The first-order chi connectivity index (χ1) is 12.3. The van der Waals surface area contributed by atoms with Gasteiger partial charge in [-0.1, -0.05) is 0 Å². The summed E-state index contributed by atoms with van der Waals surface area (Å²) in [5.41, 5.74) is 0.579. The molecule has 2 rings (SSSR count). The van der Waals surface area contributed by atoms with Crippen molar-refractivity contribution in [2.75, 3.05) is 13.6 Å². The number of aromatic nitrogens is 2. The maximum absolute atomic E-state index is 12.5. The van der Waals surface area contributed by atoms with E-state index in [0.29, 0.717) is 18.5 Å². The van der Waals surface area contributed by atoms with Crippen LogP contribution >= 0.6 is 11.3 Å². The zero-order valence-corrected chi connectivity index (χ0v) is 14.9. The highest BCUT2D eigenvalue weighted by Gasteiger charge is 2.29. The van der Waals surface area contributed by atoms with Crippen LogP contribution < -0.4 is 5.32 Å². The van der Waals surface area contributed by atoms with E-state index >= 15 is 0 Å². The molecule has 6 nitrogen and oxygen atoms in total. The Morgan fingerprint density at radius 2 is 2.15 bits per heavy atom. The van der Waals surface area contributed by atoms with Crippen LogP contribution in [-0.4, -0.2) is 46.0 Å². The first-order valence-corrected chi connectivity index (χ1v) is 8.81. The monoisotopic (exact) mass is 388 g/mol. The highest BCUT2D eigenvalue weighted by molar-refractivity contribution is 7.08. The van der Waals surface area contributed by atoms with Gasteiger partial charge in [-0.2, -0.15) is 24.5 Å². The topological polar surface area (TPSA) is 67.2 Å². The van der Waals surface area contributed by atoms with E-state index in [1.165, 1.54) is 35.7 Å². The molecule has 0 radical (unpaired) electrons. The zero-order chi connectivity index (χ0) is 19.2. The smallest absolute Gasteiger partial charge is 0.352 e. The van der Waals surface area contributed by atoms with Crippen molar-refractivity contribution in [3.63, 3.8) is 0 Å². The molecule has 0 spiro atoms. The lowest BCUT2D eigenvalue weighted by molar-refractivity contribution is -0.141. The predicted molar refractivity (Wildman–Crippen MR) is 90.6 cm³/mol. The van der Waals surface area contributed by atoms with Gasteiger partial charge in [-0.3, -0.25) is 9.59 Å². The van der Waals surface area contributed by atoms with Gasteiger partial charge in [-0.25, -0.2) is 4.98 Å². The zero-order valence-electron chi connectivity index (χ0n) is 14.1. The van der Waals surface area contributed by atoms with Gasteiger partial charge in [0.15, 0.2) is 0 Å². The normalized spacial score (nSPS) is 11.4. The van der Waals surface area contributed by atoms with E-state index in [0.717, 1.165) is 4.57 Å². The number of rotatable bonds is 8. The number of alkyl halides is 3. The molecule has 0 saturated carbocycles. The highest BCUT2D eigenvalue weighted by Crippen LogP contribution is 2.18. The third kappa shape index (κ3) is 6.17. The summed E-state index contributed by atoms with van der Waals surface area (Å²) in [5, 5.41) is 6.25. The van der Waals surface area contributed by atoms with Crippen LogP contribution in [0.4, 0.5) is 13.2 Å². The van der Waals surface area contributed by atoms with Gasteiger partial charge >= 0.3 is 6.18 Å². The van der Waals surface area contributed by atoms with E-state index in [4.69, 9.17) is 0 Å². The third-order valence-corrected chi connectivity index (χ3v) is 4.28. The lowest BCUT2D eigenvalue weighted by Crippen LogP contribution is -2.30. The molecule has 2 aromatic heterocycles. The first kappa shape index (κ1) is 20.0. The number of imidazole rings is 1. The summed E-state index contributed by atoms with van der Waals surface area (Å²) in [6.45, 7) is -0.806. The Labute approximate surface area is 152 Å². The molecule has 1 N–H and O–H groups in total. The highest BCUT2D eigenvalue weighted by atomic mass is 32.1. The number of hydrogen-bond acceptors (Lipinski definition) is 4. The molecule has 0 aliphatic rings. The molecule has 0 aliphatic carbocycles. The summed E-state index contributed by atoms with van der Waals surface area (Å²) < 4.78 is 38.5. The van der Waals surface area contributed by atoms with Gasteiger partial charge < -0.3 is 14.8 Å². The first-order valence-electron chi connectivity index (χ1n) is 7.87. The van der Waals surface area contributed by atoms with Crippen LogP contribution in [-0.2, 0) is 17.9 Å². The molecule has 2 amide bonds. The number of amides is 2. The molecule has 0 fully saturated rings. The minimum absolute atomic E-state index is 0.0107. The van der Waals surface area contributed by atoms with Gasteiger partial charge in [-0.05, 0) is 17.9 Å². The molecule has 0 aromatic carbocycles. The van der Waals surface area contributed by atoms with Crippen LogP contribution in [0.15, 0.2) is 29.2 Å². The Bertz CT molecular complexity index is 728. The number of nitrogens with zero attached hydrogens (tertiary/aromatic N) is 3. The summed E-state index contributed by atoms with van der Waals surface area (Å²) in [6.07, 6.45) is -1.21. The van der Waals surface area contributed by atoms with E-state index in [1.807, 2.05) is 0 Å². The molecule has 0 bridgehead atoms. The second-order valence-corrected chi connectivity index (χ2v) is 6.49. The molecule has 0 atom stereocenters. The summed E-state index contributed by atoms with van der Waals surface area (Å²) in [6, 6.07) is 1.71. The number of carbonyl (C=O) groups excluding carboxylic acids is 2. The van der Waals surface area contributed by atoms with Crippen LogP contribution in [0.25, 0.3) is 0 Å². The lowest BCUT2D eigenvalue weighted by Gasteiger charge is -2.18. The Hall–Kier alpha value is -2.36. The maximum Gasteiger partial charge on any atom is 0.406 e. The van der Waals surface area contributed by atoms with Crippen LogP contribution in [0.5, 0.6) is 0 Å². The van der Waals surface area contributed by atoms with Crippen molar-refractivity contribution in [1.29, 1.82) is 0 Å². The standard InChI is InChI=1S/C16H19F3N4O2S/c1-22(9-13-20-6-7-23(13)11-16(17,18)19)14(24)3-2-5-21-15(25)12-4-8-26-10-12/h4,6-8,10H,2-3,5,9,11H2,1H3,(H,21,25). The van der Waals surface area contributed by atoms with Gasteiger partial charge in [0.1, 0.15) is 12.4 Å². The number of halogens is 3. The van der Waals surface area contributed by atoms with E-state index in [1.54, 1.807) is 16.8 Å². The molecular formula is C16H19F3N4O2S. The van der Waals surface area contributed by atoms with Gasteiger partial charge in [0.05, 0.1) is 6.54 Å². The second-order valence-electron chi connectivity index (χ2n) is 5.71. The summed E-state index contributed by atoms with van der Waals surface area (Å²) in [5.74, 6) is -0.249. The van der Waals surface area contributed by atoms with Crippen molar-refractivity contribution in [3.8, 4) is 0 Å². The number of carbonyl (C=O) groups is 2. The van der Waals surface area contributed by atoms with Gasteiger partial charge in [0.25, 0.3) is 5.91 Å². The molecule has 2 aromatic rings. The maximum atomic E-state index is 12.5. The van der Waals surface area contributed by atoms with E-state index in [9.17, 15) is 22.8 Å². The summed E-state index contributed by atoms with van der Waals surface area (Å²) >= 11 is 1.42. The largest absolute Gasteiger partial charge is 0.406 e. The third-order valence-electron chi connectivity index (χ3n) is 3.59. The molecule has 0 saturated heterocycles. The fraction of sp³-hybridized carbons (Fsp3) is 0.438. The Balaban J connectivity index is 1.74. The van der Waals surface area contributed by atoms with Crippen molar-refractivity contribution in [2.45, 2.75) is 32.1 Å². The molecule has 2 heterocycles. The quantitative estimate of drug-likeness (QED) is 0.707. The Morgan fingerprint density at radius 1 is 1.38 bits per heavy atom. The number of hydrogen-bond donors (Lipinski definition) is 1. The Kier molecular flexibility index (Phi) is 6.78. The number of nitrogens with one attached hydrogen (secondary N) is 1. The van der Waals surface area contributed by atoms with Crippen molar-refractivity contribution in [3.05, 3.63) is 40.6 Å². The molecule has 10 heteroatoms. The molecule has 142 valence electrons. The molecular weight excluding hydrogens is 369 g/mol. The fourth-order valence-corrected chi connectivity index (χ4v) is 2.89. The van der Waals surface area contributed by atoms with Crippen LogP contribution in [0.2, 0.25) is 0 Å². The van der Waals surface area contributed by atoms with Crippen LogP contribution in [0.1, 0.15) is 29.0 Å². The molecule has 26 heavy (non-hydrogen) atoms. The Morgan fingerprint density at radius 3 is 2.81 bits per heavy atom. The molecule has 0 unspecified atom stereocenters. The minimum atomic E-state index is -4.35.